The minimum absolute atomic E-state index is 0.0766. The van der Waals surface area contributed by atoms with Gasteiger partial charge in [0.2, 0.25) is 0 Å². The molecule has 2 aliphatic rings. The Labute approximate surface area is 188 Å². The van der Waals surface area contributed by atoms with Gasteiger partial charge >= 0.3 is 0 Å². The van der Waals surface area contributed by atoms with Gasteiger partial charge in [-0.15, -0.1) is 0 Å². The summed E-state index contributed by atoms with van der Waals surface area (Å²) < 4.78 is 13.2. The minimum atomic E-state index is -0.531. The Hall–Kier alpha value is -2.98. The van der Waals surface area contributed by atoms with Crippen molar-refractivity contribution in [1.29, 1.82) is 0 Å². The summed E-state index contributed by atoms with van der Waals surface area (Å²) in [6.07, 6.45) is 0.925. The Morgan fingerprint density at radius 2 is 1.84 bits per heavy atom. The van der Waals surface area contributed by atoms with E-state index < -0.39 is 6.10 Å². The molecule has 4 heteroatoms. The van der Waals surface area contributed by atoms with Gasteiger partial charge in [0.05, 0.1) is 6.10 Å². The molecular weight excluding hydrogens is 401 g/mol. The van der Waals surface area contributed by atoms with Crippen molar-refractivity contribution in [3.05, 3.63) is 94.8 Å². The van der Waals surface area contributed by atoms with Crippen LogP contribution < -0.4 is 0 Å². The average Bonchev–Trinajstić information content (AvgIpc) is 3.34. The molecule has 1 N–H and O–H groups in total. The molecule has 0 bridgehead atoms. The van der Waals surface area contributed by atoms with Gasteiger partial charge in [-0.05, 0) is 76.9 Å². The molecular formula is C28H28FNO2. The third kappa shape index (κ3) is 3.43. The summed E-state index contributed by atoms with van der Waals surface area (Å²) in [5, 5.41) is 11.0. The third-order valence-electron chi connectivity index (χ3n) is 7.19. The second kappa shape index (κ2) is 7.86. The van der Waals surface area contributed by atoms with Crippen LogP contribution in [0.4, 0.5) is 4.39 Å². The molecule has 3 aromatic rings. The highest BCUT2D eigenvalue weighted by Crippen LogP contribution is 2.51. The molecule has 0 aromatic heterocycles. The molecule has 164 valence electrons. The van der Waals surface area contributed by atoms with Gasteiger partial charge in [0.1, 0.15) is 5.82 Å². The number of nitrogens with zero attached hydrogens (tertiary/aromatic N) is 1. The molecule has 1 heterocycles. The number of aliphatic hydroxyl groups excluding tert-OH is 1. The van der Waals surface area contributed by atoms with Gasteiger partial charge in [-0.25, -0.2) is 4.39 Å². The Morgan fingerprint density at radius 1 is 1.09 bits per heavy atom. The van der Waals surface area contributed by atoms with E-state index in [2.05, 4.69) is 56.3 Å². The number of fused-ring (bicyclic) bond motifs is 2. The predicted molar refractivity (Wildman–Crippen MR) is 124 cm³/mol. The van der Waals surface area contributed by atoms with E-state index in [1.807, 2.05) is 4.90 Å². The lowest BCUT2D eigenvalue weighted by Gasteiger charge is -2.26. The second-order valence-electron chi connectivity index (χ2n) is 9.53. The molecule has 1 aliphatic heterocycles. The maximum Gasteiger partial charge on any atom is 0.253 e. The molecule has 1 amide bonds. The van der Waals surface area contributed by atoms with Crippen LogP contribution in [0.1, 0.15) is 65.8 Å². The smallest absolute Gasteiger partial charge is 0.253 e. The van der Waals surface area contributed by atoms with Gasteiger partial charge in [-0.2, -0.15) is 0 Å². The van der Waals surface area contributed by atoms with Crippen molar-refractivity contribution in [3.63, 3.8) is 0 Å². The second-order valence-corrected chi connectivity index (χ2v) is 9.53. The van der Waals surface area contributed by atoms with Gasteiger partial charge in [0.25, 0.3) is 5.91 Å². The Balaban J connectivity index is 1.45. The third-order valence-corrected chi connectivity index (χ3v) is 7.19. The first-order valence-electron chi connectivity index (χ1n) is 11.3. The van der Waals surface area contributed by atoms with Crippen LogP contribution >= 0.6 is 0 Å². The fraction of sp³-hybridized carbons (Fsp3) is 0.321. The fourth-order valence-corrected chi connectivity index (χ4v) is 5.55. The molecule has 32 heavy (non-hydrogen) atoms. The van der Waals surface area contributed by atoms with E-state index in [1.165, 1.54) is 23.3 Å². The maximum atomic E-state index is 13.2. The molecule has 3 aromatic carbocycles. The van der Waals surface area contributed by atoms with Crippen LogP contribution in [-0.4, -0.2) is 29.0 Å². The summed E-state index contributed by atoms with van der Waals surface area (Å²) >= 11 is 0. The first kappa shape index (κ1) is 20.9. The van der Waals surface area contributed by atoms with Crippen LogP contribution in [0.2, 0.25) is 0 Å². The summed E-state index contributed by atoms with van der Waals surface area (Å²) in [5.41, 5.74) is 6.05. The molecule has 5 rings (SSSR count). The summed E-state index contributed by atoms with van der Waals surface area (Å²) in [7, 11) is 0. The summed E-state index contributed by atoms with van der Waals surface area (Å²) in [6.45, 7) is 5.61. The number of amides is 1. The highest BCUT2D eigenvalue weighted by molar-refractivity contribution is 5.94. The van der Waals surface area contributed by atoms with Crippen LogP contribution in [0.3, 0.4) is 0 Å². The summed E-state index contributed by atoms with van der Waals surface area (Å²) in [5.74, 6) is -0.00832. The Bertz CT molecular complexity index is 1170. The molecule has 3 nitrogen and oxygen atoms in total. The minimum Gasteiger partial charge on any atom is -0.388 e. The number of carbonyl (C=O) groups excluding carboxylic acids is 1. The highest BCUT2D eigenvalue weighted by atomic mass is 19.1. The largest absolute Gasteiger partial charge is 0.388 e. The first-order valence-corrected chi connectivity index (χ1v) is 11.3. The van der Waals surface area contributed by atoms with E-state index in [9.17, 15) is 14.3 Å². The van der Waals surface area contributed by atoms with Crippen LogP contribution in [-0.2, 0) is 5.41 Å². The molecule has 0 radical (unpaired) electrons. The lowest BCUT2D eigenvalue weighted by molar-refractivity contribution is 0.0776. The number of rotatable bonds is 3. The van der Waals surface area contributed by atoms with Crippen LogP contribution in [0.15, 0.2) is 66.7 Å². The van der Waals surface area contributed by atoms with Crippen LogP contribution in [0.5, 0.6) is 0 Å². The highest BCUT2D eigenvalue weighted by Gasteiger charge is 2.48. The SMILES string of the molecule is CC(C)c1ccccc1-c1ccc2c(c1)C(O)CC21CCN(C(=O)c2ccc(F)cc2)C1. The predicted octanol–water partition coefficient (Wildman–Crippen LogP) is 5.84. The van der Waals surface area contributed by atoms with E-state index in [-0.39, 0.29) is 17.1 Å². The Morgan fingerprint density at radius 3 is 2.59 bits per heavy atom. The van der Waals surface area contributed by atoms with E-state index in [1.54, 1.807) is 12.1 Å². The number of halogens is 1. The normalized spacial score (nSPS) is 22.0. The topological polar surface area (TPSA) is 40.5 Å². The number of hydrogen-bond donors (Lipinski definition) is 1. The molecule has 2 atom stereocenters. The van der Waals surface area contributed by atoms with E-state index in [0.717, 1.165) is 23.1 Å². The van der Waals surface area contributed by atoms with Gasteiger partial charge < -0.3 is 10.0 Å². The molecule has 0 saturated carbocycles. The van der Waals surface area contributed by atoms with Crippen molar-refractivity contribution in [2.75, 3.05) is 13.1 Å². The summed E-state index contributed by atoms with van der Waals surface area (Å²) in [4.78, 5) is 14.8. The standard InChI is InChI=1S/C28H28FNO2/c1-18(2)22-5-3-4-6-23(22)20-9-12-25-24(15-20)26(31)16-28(25)13-14-30(17-28)27(32)19-7-10-21(29)11-8-19/h3-12,15,18,26,31H,13-14,16-17H2,1-2H3. The zero-order chi connectivity index (χ0) is 22.5. The first-order chi connectivity index (χ1) is 15.4. The number of hydrogen-bond acceptors (Lipinski definition) is 2. The van der Waals surface area contributed by atoms with Crippen LogP contribution in [0, 0.1) is 5.82 Å². The zero-order valence-electron chi connectivity index (χ0n) is 18.5. The summed E-state index contributed by atoms with van der Waals surface area (Å²) in [6, 6.07) is 20.6. The number of carbonyl (C=O) groups is 1. The van der Waals surface area contributed by atoms with E-state index >= 15 is 0 Å². The molecule has 1 spiro atoms. The van der Waals surface area contributed by atoms with Crippen LogP contribution in [0.25, 0.3) is 11.1 Å². The Kier molecular flexibility index (Phi) is 5.13. The number of aliphatic hydroxyl groups is 1. The average molecular weight is 430 g/mol. The molecule has 1 aliphatic carbocycles. The van der Waals surface area contributed by atoms with Gasteiger partial charge in [0.15, 0.2) is 0 Å². The number of likely N-dealkylation sites (tertiary alicyclic amines) is 1. The molecule has 2 unspecified atom stereocenters. The molecule has 1 fully saturated rings. The van der Waals surface area contributed by atoms with Crippen molar-refractivity contribution in [2.45, 2.75) is 44.1 Å². The van der Waals surface area contributed by atoms with Crippen molar-refractivity contribution in [3.8, 4) is 11.1 Å². The van der Waals surface area contributed by atoms with E-state index in [4.69, 9.17) is 0 Å². The van der Waals surface area contributed by atoms with Crippen molar-refractivity contribution >= 4 is 5.91 Å². The maximum absolute atomic E-state index is 13.2. The van der Waals surface area contributed by atoms with Gasteiger partial charge in [-0.1, -0.05) is 50.2 Å². The molecule has 1 saturated heterocycles. The monoisotopic (exact) mass is 429 g/mol. The van der Waals surface area contributed by atoms with Gasteiger partial charge in [-0.3, -0.25) is 4.79 Å². The van der Waals surface area contributed by atoms with Crippen molar-refractivity contribution in [2.24, 2.45) is 0 Å². The lowest BCUT2D eigenvalue weighted by atomic mass is 9.80. The quantitative estimate of drug-likeness (QED) is 0.568. The fourth-order valence-electron chi connectivity index (χ4n) is 5.55. The van der Waals surface area contributed by atoms with Crippen molar-refractivity contribution in [1.82, 2.24) is 4.90 Å². The number of benzene rings is 3. The van der Waals surface area contributed by atoms with Gasteiger partial charge in [0, 0.05) is 24.1 Å². The zero-order valence-corrected chi connectivity index (χ0v) is 18.5. The lowest BCUT2D eigenvalue weighted by Crippen LogP contribution is -2.33. The van der Waals surface area contributed by atoms with Crippen molar-refractivity contribution < 1.29 is 14.3 Å². The van der Waals surface area contributed by atoms with E-state index in [0.29, 0.717) is 31.0 Å².